The molecule has 0 aliphatic carbocycles. The molecule has 2 aliphatic rings. The van der Waals surface area contributed by atoms with Crippen LogP contribution in [0.25, 0.3) is 0 Å². The van der Waals surface area contributed by atoms with Crippen LogP contribution in [0.15, 0.2) is 22.6 Å². The molecular weight excluding hydrogens is 327 g/mol. The highest BCUT2D eigenvalue weighted by Gasteiger charge is 2.29. The molecule has 0 saturated carbocycles. The number of aromatic nitrogens is 1. The number of carbonyl (C=O) groups excluding carboxylic acids is 1. The average Bonchev–Trinajstić information content (AvgIpc) is 3.05. The number of nitrogens with zero attached hydrogens (tertiary/aromatic N) is 2. The molecule has 1 N–H and O–H groups in total. The van der Waals surface area contributed by atoms with Crippen LogP contribution in [0, 0.1) is 5.82 Å². The van der Waals surface area contributed by atoms with Gasteiger partial charge in [-0.3, -0.25) is 4.79 Å². The molecule has 1 aromatic heterocycles. The molecule has 132 valence electrons. The summed E-state index contributed by atoms with van der Waals surface area (Å²) in [7, 11) is 0. The highest BCUT2D eigenvalue weighted by molar-refractivity contribution is 5.96. The van der Waals surface area contributed by atoms with E-state index < -0.39 is 5.82 Å². The first-order chi connectivity index (χ1) is 12.1. The summed E-state index contributed by atoms with van der Waals surface area (Å²) in [5.41, 5.74) is 0.862. The number of amides is 1. The molecule has 0 unspecified atom stereocenters. The van der Waals surface area contributed by atoms with Gasteiger partial charge in [-0.05, 0) is 25.0 Å². The lowest BCUT2D eigenvalue weighted by Gasteiger charge is -2.25. The van der Waals surface area contributed by atoms with Crippen molar-refractivity contribution in [3.05, 3.63) is 46.9 Å². The molecular formula is C18H19FN2O4. The van der Waals surface area contributed by atoms with Gasteiger partial charge < -0.3 is 19.2 Å². The molecule has 2 aliphatic heterocycles. The van der Waals surface area contributed by atoms with Gasteiger partial charge in [-0.1, -0.05) is 0 Å². The quantitative estimate of drug-likeness (QED) is 0.905. The zero-order chi connectivity index (χ0) is 17.4. The maximum Gasteiger partial charge on any atom is 0.257 e. The fourth-order valence-electron chi connectivity index (χ4n) is 3.37. The number of ether oxygens (including phenoxy) is 1. The summed E-state index contributed by atoms with van der Waals surface area (Å²) in [6.45, 7) is 2.24. The van der Waals surface area contributed by atoms with Crippen molar-refractivity contribution in [2.45, 2.75) is 31.7 Å². The van der Waals surface area contributed by atoms with Crippen LogP contribution in [0.1, 0.15) is 46.5 Å². The Balaban J connectivity index is 1.52. The van der Waals surface area contributed by atoms with Gasteiger partial charge >= 0.3 is 0 Å². The number of phenols is 1. The van der Waals surface area contributed by atoms with E-state index >= 15 is 0 Å². The first-order valence-corrected chi connectivity index (χ1v) is 8.46. The van der Waals surface area contributed by atoms with E-state index in [9.17, 15) is 14.3 Å². The molecule has 6 nitrogen and oxygen atoms in total. The Kier molecular flexibility index (Phi) is 4.17. The molecule has 3 heterocycles. The smallest absolute Gasteiger partial charge is 0.257 e. The molecule has 0 spiro atoms. The molecule has 0 atom stereocenters. The zero-order valence-corrected chi connectivity index (χ0v) is 13.7. The van der Waals surface area contributed by atoms with Gasteiger partial charge in [0.2, 0.25) is 0 Å². The minimum absolute atomic E-state index is 0.0954. The second kappa shape index (κ2) is 6.48. The van der Waals surface area contributed by atoms with Crippen molar-refractivity contribution in [2.24, 2.45) is 0 Å². The van der Waals surface area contributed by atoms with Gasteiger partial charge in [0.15, 0.2) is 5.89 Å². The zero-order valence-electron chi connectivity index (χ0n) is 13.7. The van der Waals surface area contributed by atoms with Crippen LogP contribution in [0.3, 0.4) is 0 Å². The van der Waals surface area contributed by atoms with E-state index in [0.29, 0.717) is 32.7 Å². The minimum Gasteiger partial charge on any atom is -0.507 e. The van der Waals surface area contributed by atoms with Crippen molar-refractivity contribution in [3.8, 4) is 5.75 Å². The second-order valence-corrected chi connectivity index (χ2v) is 6.45. The van der Waals surface area contributed by atoms with Crippen molar-refractivity contribution in [1.29, 1.82) is 0 Å². The second-order valence-electron chi connectivity index (χ2n) is 6.45. The van der Waals surface area contributed by atoms with E-state index in [2.05, 4.69) is 4.98 Å². The molecule has 0 bridgehead atoms. The van der Waals surface area contributed by atoms with Gasteiger partial charge in [-0.25, -0.2) is 9.37 Å². The first kappa shape index (κ1) is 16.1. The number of halogens is 1. The minimum atomic E-state index is -0.576. The number of hydrogen-bond donors (Lipinski definition) is 1. The maximum atomic E-state index is 13.1. The molecule has 2 aromatic rings. The third-order valence-corrected chi connectivity index (χ3v) is 4.79. The molecule has 1 amide bonds. The van der Waals surface area contributed by atoms with Crippen LogP contribution in [0.4, 0.5) is 4.39 Å². The fraction of sp³-hybridized carbons (Fsp3) is 0.444. The summed E-state index contributed by atoms with van der Waals surface area (Å²) in [4.78, 5) is 18.8. The Morgan fingerprint density at radius 3 is 2.88 bits per heavy atom. The van der Waals surface area contributed by atoms with Crippen LogP contribution in [0.5, 0.6) is 5.75 Å². The number of rotatable bonds is 2. The molecule has 4 rings (SSSR count). The third kappa shape index (κ3) is 3.11. The SMILES string of the molecule is O=C(c1ccc(F)cc1O)N1CCc2oc(C3CCOCC3)nc2C1. The van der Waals surface area contributed by atoms with Gasteiger partial charge in [0, 0.05) is 38.2 Å². The lowest BCUT2D eigenvalue weighted by molar-refractivity contribution is 0.0722. The van der Waals surface area contributed by atoms with Gasteiger partial charge in [-0.2, -0.15) is 0 Å². The van der Waals surface area contributed by atoms with Crippen LogP contribution >= 0.6 is 0 Å². The van der Waals surface area contributed by atoms with Gasteiger partial charge in [0.25, 0.3) is 5.91 Å². The van der Waals surface area contributed by atoms with Crippen LogP contribution < -0.4 is 0 Å². The highest BCUT2D eigenvalue weighted by Crippen LogP contribution is 2.31. The number of phenolic OH excluding ortho intramolecular Hbond substituents is 1. The number of fused-ring (bicyclic) bond motifs is 1. The lowest BCUT2D eigenvalue weighted by Crippen LogP contribution is -2.35. The van der Waals surface area contributed by atoms with E-state index in [4.69, 9.17) is 9.15 Å². The van der Waals surface area contributed by atoms with Crippen LogP contribution in [-0.4, -0.2) is 40.7 Å². The summed E-state index contributed by atoms with van der Waals surface area (Å²) < 4.78 is 24.4. The summed E-state index contributed by atoms with van der Waals surface area (Å²) in [6.07, 6.45) is 2.37. The average molecular weight is 346 g/mol. The summed E-state index contributed by atoms with van der Waals surface area (Å²) in [6, 6.07) is 3.42. The Morgan fingerprint density at radius 1 is 1.32 bits per heavy atom. The standard InChI is InChI=1S/C18H19FN2O4/c19-12-1-2-13(15(22)9-12)18(23)21-6-3-16-14(10-21)20-17(25-16)11-4-7-24-8-5-11/h1-2,9,11,22H,3-8,10H2. The third-order valence-electron chi connectivity index (χ3n) is 4.79. The highest BCUT2D eigenvalue weighted by atomic mass is 19.1. The van der Waals surface area contributed by atoms with Crippen molar-refractivity contribution in [1.82, 2.24) is 9.88 Å². The predicted molar refractivity (Wildman–Crippen MR) is 85.8 cm³/mol. The summed E-state index contributed by atoms with van der Waals surface area (Å²) in [5, 5.41) is 9.83. The monoisotopic (exact) mass is 346 g/mol. The molecule has 0 radical (unpaired) electrons. The van der Waals surface area contributed by atoms with Crippen molar-refractivity contribution < 1.29 is 23.4 Å². The Hall–Kier alpha value is -2.41. The van der Waals surface area contributed by atoms with Gasteiger partial charge in [0.1, 0.15) is 23.0 Å². The Bertz CT molecular complexity index is 798. The maximum absolute atomic E-state index is 13.1. The van der Waals surface area contributed by atoms with Crippen molar-refractivity contribution in [3.63, 3.8) is 0 Å². The van der Waals surface area contributed by atoms with E-state index in [-0.39, 0.29) is 23.1 Å². The van der Waals surface area contributed by atoms with Crippen LogP contribution in [-0.2, 0) is 17.7 Å². The van der Waals surface area contributed by atoms with Gasteiger partial charge in [-0.15, -0.1) is 0 Å². The van der Waals surface area contributed by atoms with Crippen LogP contribution in [0.2, 0.25) is 0 Å². The molecule has 1 saturated heterocycles. The lowest BCUT2D eigenvalue weighted by atomic mass is 10.0. The van der Waals surface area contributed by atoms with E-state index in [1.807, 2.05) is 0 Å². The fourth-order valence-corrected chi connectivity index (χ4v) is 3.37. The normalized spacial score (nSPS) is 18.2. The van der Waals surface area contributed by atoms with Crippen molar-refractivity contribution in [2.75, 3.05) is 19.8 Å². The number of oxazole rings is 1. The molecule has 1 fully saturated rings. The van der Waals surface area contributed by atoms with E-state index in [1.165, 1.54) is 12.1 Å². The first-order valence-electron chi connectivity index (χ1n) is 8.46. The number of hydrogen-bond acceptors (Lipinski definition) is 5. The molecule has 7 heteroatoms. The summed E-state index contributed by atoms with van der Waals surface area (Å²) >= 11 is 0. The van der Waals surface area contributed by atoms with Crippen molar-refractivity contribution >= 4 is 5.91 Å². The Morgan fingerprint density at radius 2 is 2.12 bits per heavy atom. The molecule has 25 heavy (non-hydrogen) atoms. The largest absolute Gasteiger partial charge is 0.507 e. The number of aromatic hydroxyl groups is 1. The number of carbonyl (C=O) groups is 1. The Labute approximate surface area is 144 Å². The van der Waals surface area contributed by atoms with E-state index in [0.717, 1.165) is 36.3 Å². The van der Waals surface area contributed by atoms with E-state index in [1.54, 1.807) is 4.90 Å². The number of benzene rings is 1. The predicted octanol–water partition coefficient (Wildman–Crippen LogP) is 2.61. The topological polar surface area (TPSA) is 75.8 Å². The summed E-state index contributed by atoms with van der Waals surface area (Å²) in [5.74, 6) is 0.566. The van der Waals surface area contributed by atoms with Gasteiger partial charge in [0.05, 0.1) is 12.1 Å². The molecule has 1 aromatic carbocycles.